The molecule has 0 amide bonds. The number of phenols is 1. The molecule has 0 aliphatic rings. The molecule has 0 unspecified atom stereocenters. The Morgan fingerprint density at radius 2 is 2.06 bits per heavy atom. The van der Waals surface area contributed by atoms with Crippen LogP contribution in [-0.2, 0) is 0 Å². The fourth-order valence-corrected chi connectivity index (χ4v) is 1.94. The van der Waals surface area contributed by atoms with E-state index in [4.69, 9.17) is 21.1 Å². The van der Waals surface area contributed by atoms with Gasteiger partial charge in [-0.1, -0.05) is 6.07 Å². The number of methoxy groups -OCH3 is 1. The Balaban J connectivity index is 2.39. The minimum absolute atomic E-state index is 0.236. The fraction of sp³-hybridized carbons (Fsp3) is 0.286. The minimum atomic E-state index is 0.236. The molecule has 3 nitrogen and oxygen atoms in total. The molecular formula is C14H15ClO3. The van der Waals surface area contributed by atoms with Gasteiger partial charge in [-0.2, -0.15) is 0 Å². The summed E-state index contributed by atoms with van der Waals surface area (Å²) in [5.74, 6) is 2.19. The zero-order valence-electron chi connectivity index (χ0n) is 10.1. The normalized spacial score (nSPS) is 10.6. The van der Waals surface area contributed by atoms with E-state index >= 15 is 0 Å². The van der Waals surface area contributed by atoms with Crippen LogP contribution in [0.3, 0.4) is 0 Å². The van der Waals surface area contributed by atoms with Gasteiger partial charge in [0.1, 0.15) is 5.75 Å². The van der Waals surface area contributed by atoms with Gasteiger partial charge in [-0.05, 0) is 36.1 Å². The molecule has 2 aromatic rings. The summed E-state index contributed by atoms with van der Waals surface area (Å²) in [6.45, 7) is 0.559. The van der Waals surface area contributed by atoms with E-state index in [1.165, 1.54) is 0 Å². The third kappa shape index (κ3) is 2.62. The number of hydrogen-bond acceptors (Lipinski definition) is 3. The highest BCUT2D eigenvalue weighted by atomic mass is 35.5. The van der Waals surface area contributed by atoms with E-state index in [0.717, 1.165) is 17.2 Å². The molecule has 0 spiro atoms. The average molecular weight is 267 g/mol. The number of fused-ring (bicyclic) bond motifs is 1. The van der Waals surface area contributed by atoms with E-state index in [0.29, 0.717) is 24.0 Å². The number of benzene rings is 2. The molecule has 18 heavy (non-hydrogen) atoms. The van der Waals surface area contributed by atoms with Crippen LogP contribution >= 0.6 is 11.6 Å². The summed E-state index contributed by atoms with van der Waals surface area (Å²) in [6, 6.07) is 8.88. The molecule has 0 fully saturated rings. The van der Waals surface area contributed by atoms with Crippen molar-refractivity contribution in [3.05, 3.63) is 30.3 Å². The van der Waals surface area contributed by atoms with Crippen molar-refractivity contribution < 1.29 is 14.6 Å². The van der Waals surface area contributed by atoms with E-state index in [9.17, 15) is 5.11 Å². The monoisotopic (exact) mass is 266 g/mol. The lowest BCUT2D eigenvalue weighted by Crippen LogP contribution is -2.00. The maximum atomic E-state index is 9.45. The fourth-order valence-electron chi connectivity index (χ4n) is 1.83. The topological polar surface area (TPSA) is 38.7 Å². The largest absolute Gasteiger partial charge is 0.508 e. The molecule has 2 aromatic carbocycles. The first-order valence-electron chi connectivity index (χ1n) is 5.74. The molecule has 0 aliphatic heterocycles. The van der Waals surface area contributed by atoms with Crippen molar-refractivity contribution in [2.45, 2.75) is 6.42 Å². The molecular weight excluding hydrogens is 252 g/mol. The van der Waals surface area contributed by atoms with Gasteiger partial charge in [-0.3, -0.25) is 0 Å². The Bertz CT molecular complexity index is 540. The number of phenolic OH excluding ortho intramolecular Hbond substituents is 1. The number of aromatic hydroxyl groups is 1. The molecule has 0 heterocycles. The van der Waals surface area contributed by atoms with E-state index in [2.05, 4.69) is 0 Å². The third-order valence-electron chi connectivity index (χ3n) is 2.66. The number of hydrogen-bond donors (Lipinski definition) is 1. The van der Waals surface area contributed by atoms with Gasteiger partial charge >= 0.3 is 0 Å². The smallest absolute Gasteiger partial charge is 0.168 e. The summed E-state index contributed by atoms with van der Waals surface area (Å²) in [5.41, 5.74) is 0. The summed E-state index contributed by atoms with van der Waals surface area (Å²) >= 11 is 5.61. The zero-order valence-corrected chi connectivity index (χ0v) is 10.9. The van der Waals surface area contributed by atoms with Crippen LogP contribution in [0.1, 0.15) is 6.42 Å². The van der Waals surface area contributed by atoms with E-state index < -0.39 is 0 Å². The second-order valence-corrected chi connectivity index (χ2v) is 4.27. The first-order valence-corrected chi connectivity index (χ1v) is 6.28. The van der Waals surface area contributed by atoms with Gasteiger partial charge in [0.05, 0.1) is 13.7 Å². The lowest BCUT2D eigenvalue weighted by molar-refractivity contribution is 0.297. The number of halogens is 1. The maximum Gasteiger partial charge on any atom is 0.168 e. The first kappa shape index (κ1) is 12.8. The Hall–Kier alpha value is -1.61. The van der Waals surface area contributed by atoms with Crippen molar-refractivity contribution in [3.63, 3.8) is 0 Å². The molecule has 96 valence electrons. The first-order chi connectivity index (χ1) is 8.76. The average Bonchev–Trinajstić information content (AvgIpc) is 2.38. The maximum absolute atomic E-state index is 9.45. The standard InChI is InChI=1S/C14H15ClO3/c1-17-14-12-5-4-11(16)9-10(12)3-6-13(14)18-8-2-7-15/h3-6,9,16H,2,7-8H2,1H3. The molecule has 4 heteroatoms. The van der Waals surface area contributed by atoms with Crippen molar-refractivity contribution in [1.29, 1.82) is 0 Å². The quantitative estimate of drug-likeness (QED) is 0.664. The predicted molar refractivity (Wildman–Crippen MR) is 73.0 cm³/mol. The molecule has 0 radical (unpaired) electrons. The van der Waals surface area contributed by atoms with Crippen molar-refractivity contribution >= 4 is 22.4 Å². The van der Waals surface area contributed by atoms with Crippen LogP contribution in [0.25, 0.3) is 10.8 Å². The highest BCUT2D eigenvalue weighted by Gasteiger charge is 2.09. The zero-order chi connectivity index (χ0) is 13.0. The number of rotatable bonds is 5. The van der Waals surface area contributed by atoms with Gasteiger partial charge in [0, 0.05) is 11.3 Å². The van der Waals surface area contributed by atoms with Crippen LogP contribution in [0, 0.1) is 0 Å². The summed E-state index contributed by atoms with van der Waals surface area (Å²) in [7, 11) is 1.61. The van der Waals surface area contributed by atoms with Crippen LogP contribution in [-0.4, -0.2) is 24.7 Å². The Kier molecular flexibility index (Phi) is 4.15. The van der Waals surface area contributed by atoms with Gasteiger partial charge in [0.15, 0.2) is 11.5 Å². The van der Waals surface area contributed by atoms with Crippen LogP contribution in [0.2, 0.25) is 0 Å². The van der Waals surface area contributed by atoms with E-state index in [-0.39, 0.29) is 5.75 Å². The van der Waals surface area contributed by atoms with Crippen LogP contribution in [0.5, 0.6) is 17.2 Å². The third-order valence-corrected chi connectivity index (χ3v) is 2.92. The summed E-state index contributed by atoms with van der Waals surface area (Å²) in [6.07, 6.45) is 0.790. The lowest BCUT2D eigenvalue weighted by Gasteiger charge is -2.12. The number of alkyl halides is 1. The van der Waals surface area contributed by atoms with Crippen molar-refractivity contribution in [1.82, 2.24) is 0 Å². The highest BCUT2D eigenvalue weighted by Crippen LogP contribution is 2.36. The van der Waals surface area contributed by atoms with Gasteiger partial charge in [-0.15, -0.1) is 11.6 Å². The molecule has 0 saturated carbocycles. The van der Waals surface area contributed by atoms with E-state index in [1.807, 2.05) is 18.2 Å². The molecule has 0 aliphatic carbocycles. The Labute approximate surface area is 111 Å². The molecule has 1 N–H and O–H groups in total. The van der Waals surface area contributed by atoms with Gasteiger partial charge in [-0.25, -0.2) is 0 Å². The second-order valence-electron chi connectivity index (χ2n) is 3.89. The lowest BCUT2D eigenvalue weighted by atomic mass is 10.1. The van der Waals surface area contributed by atoms with Gasteiger partial charge < -0.3 is 14.6 Å². The Morgan fingerprint density at radius 3 is 2.78 bits per heavy atom. The highest BCUT2D eigenvalue weighted by molar-refractivity contribution is 6.17. The van der Waals surface area contributed by atoms with Crippen molar-refractivity contribution in [2.75, 3.05) is 19.6 Å². The minimum Gasteiger partial charge on any atom is -0.508 e. The summed E-state index contributed by atoms with van der Waals surface area (Å²) in [4.78, 5) is 0. The molecule has 0 atom stereocenters. The Morgan fingerprint density at radius 1 is 1.22 bits per heavy atom. The molecule has 2 rings (SSSR count). The van der Waals surface area contributed by atoms with Gasteiger partial charge in [0.2, 0.25) is 0 Å². The van der Waals surface area contributed by atoms with E-state index in [1.54, 1.807) is 19.2 Å². The molecule has 0 saturated heterocycles. The van der Waals surface area contributed by atoms with Crippen molar-refractivity contribution in [2.24, 2.45) is 0 Å². The summed E-state index contributed by atoms with van der Waals surface area (Å²) < 4.78 is 11.0. The van der Waals surface area contributed by atoms with Gasteiger partial charge in [0.25, 0.3) is 0 Å². The summed E-state index contributed by atoms with van der Waals surface area (Å²) in [5, 5.41) is 11.3. The predicted octanol–water partition coefficient (Wildman–Crippen LogP) is 3.56. The molecule has 0 bridgehead atoms. The number of ether oxygens (including phenoxy) is 2. The van der Waals surface area contributed by atoms with Crippen molar-refractivity contribution in [3.8, 4) is 17.2 Å². The second kappa shape index (κ2) is 5.83. The van der Waals surface area contributed by atoms with Crippen LogP contribution < -0.4 is 9.47 Å². The SMILES string of the molecule is COc1c(OCCCCl)ccc2cc(O)ccc12. The van der Waals surface area contributed by atoms with Crippen LogP contribution in [0.4, 0.5) is 0 Å². The van der Waals surface area contributed by atoms with Crippen LogP contribution in [0.15, 0.2) is 30.3 Å². The molecule has 0 aromatic heterocycles.